The Bertz CT molecular complexity index is 311. The molecule has 0 aliphatic rings. The van der Waals surface area contributed by atoms with E-state index in [9.17, 15) is 0 Å². The minimum absolute atomic E-state index is 0.247. The third-order valence-corrected chi connectivity index (χ3v) is 3.16. The lowest BCUT2D eigenvalue weighted by Gasteiger charge is -2.19. The number of halogens is 1. The van der Waals surface area contributed by atoms with Crippen LogP contribution in [0.15, 0.2) is 24.3 Å². The topological polar surface area (TPSA) is 12.0 Å². The molecule has 2 heteroatoms. The van der Waals surface area contributed by atoms with Crippen molar-refractivity contribution in [1.82, 2.24) is 5.32 Å². The van der Waals surface area contributed by atoms with Crippen molar-refractivity contribution in [2.45, 2.75) is 39.0 Å². The molecule has 0 heterocycles. The molecule has 0 atom stereocenters. The lowest BCUT2D eigenvalue weighted by molar-refractivity contribution is 0.589. The maximum atomic E-state index is 5.62. The van der Waals surface area contributed by atoms with E-state index in [4.69, 9.17) is 11.6 Å². The minimum Gasteiger partial charge on any atom is -0.316 e. The van der Waals surface area contributed by atoms with Gasteiger partial charge in [0.1, 0.15) is 0 Å². The van der Waals surface area contributed by atoms with Gasteiger partial charge in [-0.05, 0) is 42.5 Å². The standard InChI is InChI=1S/C15H24ClN/c1-15(2,3)14-7-5-13(6-8-14)9-12-17-11-4-10-16/h5-8,17H,4,9-12H2,1-3H3. The molecule has 1 aromatic carbocycles. The Morgan fingerprint density at radius 1 is 1.06 bits per heavy atom. The first-order valence-corrected chi connectivity index (χ1v) is 6.93. The molecule has 0 spiro atoms. The van der Waals surface area contributed by atoms with Gasteiger partial charge in [-0.2, -0.15) is 0 Å². The van der Waals surface area contributed by atoms with E-state index in [1.54, 1.807) is 0 Å². The number of benzene rings is 1. The van der Waals surface area contributed by atoms with Crippen LogP contribution in [-0.4, -0.2) is 19.0 Å². The summed E-state index contributed by atoms with van der Waals surface area (Å²) in [5.41, 5.74) is 3.05. The van der Waals surface area contributed by atoms with Crippen LogP contribution >= 0.6 is 11.6 Å². The molecule has 1 aromatic rings. The van der Waals surface area contributed by atoms with E-state index in [0.717, 1.165) is 31.8 Å². The highest BCUT2D eigenvalue weighted by atomic mass is 35.5. The van der Waals surface area contributed by atoms with Crippen molar-refractivity contribution in [3.63, 3.8) is 0 Å². The summed E-state index contributed by atoms with van der Waals surface area (Å²) in [4.78, 5) is 0. The minimum atomic E-state index is 0.247. The van der Waals surface area contributed by atoms with E-state index in [0.29, 0.717) is 0 Å². The molecular weight excluding hydrogens is 230 g/mol. The number of alkyl halides is 1. The molecule has 0 aromatic heterocycles. The monoisotopic (exact) mass is 253 g/mol. The van der Waals surface area contributed by atoms with E-state index in [1.165, 1.54) is 11.1 Å². The van der Waals surface area contributed by atoms with Crippen molar-refractivity contribution in [3.05, 3.63) is 35.4 Å². The zero-order chi connectivity index (χ0) is 12.7. The molecule has 0 unspecified atom stereocenters. The first-order chi connectivity index (χ1) is 8.04. The summed E-state index contributed by atoms with van der Waals surface area (Å²) in [6.07, 6.45) is 2.14. The second-order valence-corrected chi connectivity index (χ2v) is 5.87. The lowest BCUT2D eigenvalue weighted by atomic mass is 9.86. The molecule has 0 saturated carbocycles. The molecule has 1 rings (SSSR count). The van der Waals surface area contributed by atoms with Gasteiger partial charge in [0, 0.05) is 5.88 Å². The maximum absolute atomic E-state index is 5.62. The van der Waals surface area contributed by atoms with Crippen molar-refractivity contribution in [2.24, 2.45) is 0 Å². The second-order valence-electron chi connectivity index (χ2n) is 5.49. The summed E-state index contributed by atoms with van der Waals surface area (Å²) in [6, 6.07) is 8.97. The zero-order valence-electron chi connectivity index (χ0n) is 11.2. The van der Waals surface area contributed by atoms with Gasteiger partial charge < -0.3 is 5.32 Å². The van der Waals surface area contributed by atoms with Crippen LogP contribution in [-0.2, 0) is 11.8 Å². The summed E-state index contributed by atoms with van der Waals surface area (Å²) < 4.78 is 0. The Kier molecular flexibility index (Phi) is 6.01. The first-order valence-electron chi connectivity index (χ1n) is 6.40. The third kappa shape index (κ3) is 5.56. The van der Waals surface area contributed by atoms with Crippen molar-refractivity contribution >= 4 is 11.6 Å². The molecule has 17 heavy (non-hydrogen) atoms. The van der Waals surface area contributed by atoms with Crippen molar-refractivity contribution < 1.29 is 0 Å². The van der Waals surface area contributed by atoms with E-state index in [-0.39, 0.29) is 5.41 Å². The molecule has 96 valence electrons. The predicted octanol–water partition coefficient (Wildman–Crippen LogP) is 3.75. The highest BCUT2D eigenvalue weighted by molar-refractivity contribution is 6.17. The van der Waals surface area contributed by atoms with E-state index in [2.05, 4.69) is 50.4 Å². The summed E-state index contributed by atoms with van der Waals surface area (Å²) >= 11 is 5.62. The Morgan fingerprint density at radius 2 is 1.71 bits per heavy atom. The first kappa shape index (κ1) is 14.5. The van der Waals surface area contributed by atoms with Gasteiger partial charge in [-0.1, -0.05) is 45.0 Å². The van der Waals surface area contributed by atoms with Crippen molar-refractivity contribution in [3.8, 4) is 0 Å². The van der Waals surface area contributed by atoms with Crippen LogP contribution in [0.5, 0.6) is 0 Å². The van der Waals surface area contributed by atoms with Crippen LogP contribution in [0.4, 0.5) is 0 Å². The molecule has 1 N–H and O–H groups in total. The van der Waals surface area contributed by atoms with Gasteiger partial charge in [0.2, 0.25) is 0 Å². The predicted molar refractivity (Wildman–Crippen MR) is 77.1 cm³/mol. The molecule has 0 amide bonds. The molecule has 0 aliphatic carbocycles. The largest absolute Gasteiger partial charge is 0.316 e. The average Bonchev–Trinajstić information content (AvgIpc) is 2.28. The van der Waals surface area contributed by atoms with Crippen LogP contribution in [0.3, 0.4) is 0 Å². The van der Waals surface area contributed by atoms with Crippen LogP contribution in [0, 0.1) is 0 Å². The smallest absolute Gasteiger partial charge is 0.0235 e. The van der Waals surface area contributed by atoms with Crippen LogP contribution in [0.1, 0.15) is 38.3 Å². The fraction of sp³-hybridized carbons (Fsp3) is 0.600. The van der Waals surface area contributed by atoms with E-state index >= 15 is 0 Å². The van der Waals surface area contributed by atoms with Gasteiger partial charge >= 0.3 is 0 Å². The quantitative estimate of drug-likeness (QED) is 0.602. The number of hydrogen-bond acceptors (Lipinski definition) is 1. The summed E-state index contributed by atoms with van der Waals surface area (Å²) in [5.74, 6) is 0.743. The molecule has 0 bridgehead atoms. The Balaban J connectivity index is 2.36. The highest BCUT2D eigenvalue weighted by Gasteiger charge is 2.12. The Morgan fingerprint density at radius 3 is 2.24 bits per heavy atom. The van der Waals surface area contributed by atoms with E-state index in [1.807, 2.05) is 0 Å². The highest BCUT2D eigenvalue weighted by Crippen LogP contribution is 2.22. The second kappa shape index (κ2) is 7.03. The van der Waals surface area contributed by atoms with Gasteiger partial charge in [-0.15, -0.1) is 11.6 Å². The number of nitrogens with one attached hydrogen (secondary N) is 1. The van der Waals surface area contributed by atoms with Gasteiger partial charge in [0.15, 0.2) is 0 Å². The normalized spacial score (nSPS) is 11.8. The van der Waals surface area contributed by atoms with Gasteiger partial charge in [0.25, 0.3) is 0 Å². The molecule has 0 saturated heterocycles. The Labute approximate surface area is 111 Å². The molecular formula is C15H24ClN. The van der Waals surface area contributed by atoms with Crippen molar-refractivity contribution in [1.29, 1.82) is 0 Å². The Hall–Kier alpha value is -0.530. The lowest BCUT2D eigenvalue weighted by Crippen LogP contribution is -2.18. The SMILES string of the molecule is CC(C)(C)c1ccc(CCNCCCCl)cc1. The molecule has 0 radical (unpaired) electrons. The fourth-order valence-electron chi connectivity index (χ4n) is 1.72. The number of rotatable bonds is 6. The zero-order valence-corrected chi connectivity index (χ0v) is 12.0. The fourth-order valence-corrected chi connectivity index (χ4v) is 1.85. The summed E-state index contributed by atoms with van der Waals surface area (Å²) in [6.45, 7) is 8.79. The van der Waals surface area contributed by atoms with Crippen LogP contribution in [0.2, 0.25) is 0 Å². The molecule has 0 aliphatic heterocycles. The maximum Gasteiger partial charge on any atom is 0.0235 e. The van der Waals surface area contributed by atoms with Crippen molar-refractivity contribution in [2.75, 3.05) is 19.0 Å². The van der Waals surface area contributed by atoms with Crippen LogP contribution < -0.4 is 5.32 Å². The van der Waals surface area contributed by atoms with Gasteiger partial charge in [-0.3, -0.25) is 0 Å². The molecule has 1 nitrogen and oxygen atoms in total. The summed E-state index contributed by atoms with van der Waals surface area (Å²) in [5, 5.41) is 3.40. The van der Waals surface area contributed by atoms with Gasteiger partial charge in [-0.25, -0.2) is 0 Å². The van der Waals surface area contributed by atoms with E-state index < -0.39 is 0 Å². The third-order valence-electron chi connectivity index (χ3n) is 2.90. The average molecular weight is 254 g/mol. The van der Waals surface area contributed by atoms with Crippen LogP contribution in [0.25, 0.3) is 0 Å². The summed E-state index contributed by atoms with van der Waals surface area (Å²) in [7, 11) is 0. The van der Waals surface area contributed by atoms with Gasteiger partial charge in [0.05, 0.1) is 0 Å². The number of hydrogen-bond donors (Lipinski definition) is 1. The molecule has 0 fully saturated rings.